The number of piperazine rings is 1. The highest BCUT2D eigenvalue weighted by Crippen LogP contribution is 2.39. The fraction of sp³-hybridized carbons (Fsp3) is 0.500. The van der Waals surface area contributed by atoms with Crippen LogP contribution in [-0.2, 0) is 27.7 Å². The lowest BCUT2D eigenvalue weighted by molar-refractivity contribution is -0.117. The van der Waals surface area contributed by atoms with Gasteiger partial charge in [-0.25, -0.2) is 8.42 Å². The zero-order valence-electron chi connectivity index (χ0n) is 19.6. The van der Waals surface area contributed by atoms with Gasteiger partial charge < -0.3 is 14.8 Å². The number of sulfonamides is 1. The fourth-order valence-electron chi connectivity index (χ4n) is 4.79. The Morgan fingerprint density at radius 2 is 1.94 bits per heavy atom. The monoisotopic (exact) mass is 516 g/mol. The van der Waals surface area contributed by atoms with Crippen LogP contribution < -0.4 is 14.8 Å². The summed E-state index contributed by atoms with van der Waals surface area (Å²) >= 11 is 1.51. The van der Waals surface area contributed by atoms with E-state index in [9.17, 15) is 18.5 Å². The summed E-state index contributed by atoms with van der Waals surface area (Å²) in [5, 5.41) is 13.2. The molecular weight excluding hydrogens is 488 g/mol. The minimum Gasteiger partial charge on any atom is -0.486 e. The topological polar surface area (TPSA) is 112 Å². The van der Waals surface area contributed by atoms with Crippen molar-refractivity contribution in [2.45, 2.75) is 31.1 Å². The van der Waals surface area contributed by atoms with Gasteiger partial charge in [-0.3, -0.25) is 9.69 Å². The predicted molar refractivity (Wildman–Crippen MR) is 131 cm³/mol. The number of nitrogens with zero attached hydrogens (tertiary/aromatic N) is 3. The molecule has 1 fully saturated rings. The highest BCUT2D eigenvalue weighted by atomic mass is 32.2. The Kier molecular flexibility index (Phi) is 6.72. The van der Waals surface area contributed by atoms with Crippen molar-refractivity contribution in [3.8, 4) is 17.6 Å². The Bertz CT molecular complexity index is 1280. The van der Waals surface area contributed by atoms with E-state index in [1.165, 1.54) is 32.7 Å². The minimum absolute atomic E-state index is 0.155. The molecule has 1 amide bonds. The molecule has 3 heterocycles. The number of nitriles is 1. The molecule has 9 nitrogen and oxygen atoms in total. The fourth-order valence-corrected chi connectivity index (χ4v) is 7.60. The van der Waals surface area contributed by atoms with E-state index in [0.717, 1.165) is 24.8 Å². The quantitative estimate of drug-likeness (QED) is 0.650. The Labute approximate surface area is 209 Å². The van der Waals surface area contributed by atoms with Gasteiger partial charge in [-0.05, 0) is 42.9 Å². The highest BCUT2D eigenvalue weighted by Gasteiger charge is 2.31. The van der Waals surface area contributed by atoms with Gasteiger partial charge in [0.15, 0.2) is 11.5 Å². The Hall–Kier alpha value is -2.65. The second kappa shape index (κ2) is 9.78. The van der Waals surface area contributed by atoms with Crippen LogP contribution in [0.15, 0.2) is 23.1 Å². The Morgan fingerprint density at radius 1 is 1.20 bits per heavy atom. The van der Waals surface area contributed by atoms with Crippen molar-refractivity contribution >= 4 is 32.3 Å². The molecule has 186 valence electrons. The molecule has 0 spiro atoms. The Balaban J connectivity index is 1.18. The van der Waals surface area contributed by atoms with Crippen molar-refractivity contribution in [1.29, 1.82) is 5.26 Å². The molecule has 3 aliphatic rings. The van der Waals surface area contributed by atoms with Gasteiger partial charge in [0, 0.05) is 37.1 Å². The van der Waals surface area contributed by atoms with E-state index in [0.29, 0.717) is 67.4 Å². The molecule has 1 aliphatic carbocycles. The van der Waals surface area contributed by atoms with Crippen LogP contribution >= 0.6 is 11.3 Å². The molecule has 0 radical (unpaired) electrons. The summed E-state index contributed by atoms with van der Waals surface area (Å²) in [5.74, 6) is 1.39. The molecule has 11 heteroatoms. The third-order valence-electron chi connectivity index (χ3n) is 6.73. The average Bonchev–Trinajstić information content (AvgIpc) is 3.19. The van der Waals surface area contributed by atoms with Crippen LogP contribution in [0, 0.1) is 17.2 Å². The SMILES string of the molecule is C[C@H]1CCc2c(sc(NC(=O)CN3CCN(S(=O)(=O)c4ccc5c(c4)OCCO5)CC3)c2C#N)C1. The first-order valence-electron chi connectivity index (χ1n) is 11.8. The highest BCUT2D eigenvalue weighted by molar-refractivity contribution is 7.89. The van der Waals surface area contributed by atoms with Gasteiger partial charge in [0.1, 0.15) is 24.3 Å². The van der Waals surface area contributed by atoms with Crippen LogP contribution in [0.1, 0.15) is 29.3 Å². The molecule has 35 heavy (non-hydrogen) atoms. The molecule has 1 N–H and O–H groups in total. The number of nitrogens with one attached hydrogen (secondary N) is 1. The van der Waals surface area contributed by atoms with Crippen LogP contribution in [-0.4, -0.2) is 69.5 Å². The number of hydrogen-bond donors (Lipinski definition) is 1. The number of carbonyl (C=O) groups excluding carboxylic acids is 1. The molecule has 2 aliphatic heterocycles. The number of fused-ring (bicyclic) bond motifs is 2. The standard InChI is InChI=1S/C24H28N4O5S2/c1-16-2-4-18-19(14-25)24(34-22(18)12-16)26-23(29)15-27-6-8-28(9-7-27)35(30,31)17-3-5-20-21(13-17)33-11-10-32-20/h3,5,13,16H,2,4,6-12,15H2,1H3,(H,26,29)/t16-/m0/s1. The number of ether oxygens (including phenoxy) is 2. The van der Waals surface area contributed by atoms with E-state index in [4.69, 9.17) is 9.47 Å². The maximum atomic E-state index is 13.1. The van der Waals surface area contributed by atoms with E-state index in [-0.39, 0.29) is 17.3 Å². The zero-order chi connectivity index (χ0) is 24.6. The van der Waals surface area contributed by atoms with Gasteiger partial charge >= 0.3 is 0 Å². The molecule has 2 aromatic rings. The first-order chi connectivity index (χ1) is 16.8. The van der Waals surface area contributed by atoms with E-state index in [1.807, 2.05) is 4.90 Å². The maximum absolute atomic E-state index is 13.1. The molecule has 0 saturated carbocycles. The van der Waals surface area contributed by atoms with Crippen molar-refractivity contribution in [1.82, 2.24) is 9.21 Å². The van der Waals surface area contributed by atoms with E-state index >= 15 is 0 Å². The maximum Gasteiger partial charge on any atom is 0.243 e. The van der Waals surface area contributed by atoms with E-state index < -0.39 is 10.0 Å². The van der Waals surface area contributed by atoms with Gasteiger partial charge in [0.25, 0.3) is 0 Å². The molecule has 1 aromatic heterocycles. The average molecular weight is 517 g/mol. The molecule has 0 bridgehead atoms. The van der Waals surface area contributed by atoms with Gasteiger partial charge in [0.2, 0.25) is 15.9 Å². The summed E-state index contributed by atoms with van der Waals surface area (Å²) in [6, 6.07) is 6.95. The van der Waals surface area contributed by atoms with Gasteiger partial charge in [0.05, 0.1) is 17.0 Å². The van der Waals surface area contributed by atoms with Crippen LogP contribution in [0.4, 0.5) is 5.00 Å². The number of hydrogen-bond acceptors (Lipinski definition) is 8. The first kappa shape index (κ1) is 24.1. The third kappa shape index (κ3) is 4.89. The summed E-state index contributed by atoms with van der Waals surface area (Å²) < 4.78 is 38.7. The zero-order valence-corrected chi connectivity index (χ0v) is 21.2. The second-order valence-corrected chi connectivity index (χ2v) is 12.2. The second-order valence-electron chi connectivity index (χ2n) is 9.20. The summed E-state index contributed by atoms with van der Waals surface area (Å²) in [6.07, 6.45) is 2.89. The van der Waals surface area contributed by atoms with Crippen LogP contribution in [0.5, 0.6) is 11.5 Å². The van der Waals surface area contributed by atoms with Gasteiger partial charge in [-0.1, -0.05) is 6.92 Å². The molecule has 5 rings (SSSR count). The van der Waals surface area contributed by atoms with Crippen LogP contribution in [0.3, 0.4) is 0 Å². The number of anilines is 1. The third-order valence-corrected chi connectivity index (χ3v) is 9.79. The lowest BCUT2D eigenvalue weighted by Gasteiger charge is -2.33. The van der Waals surface area contributed by atoms with Gasteiger partial charge in [-0.2, -0.15) is 9.57 Å². The lowest BCUT2D eigenvalue weighted by Crippen LogP contribution is -2.50. The summed E-state index contributed by atoms with van der Waals surface area (Å²) in [6.45, 7) is 4.67. The molecule has 1 atom stereocenters. The van der Waals surface area contributed by atoms with Crippen molar-refractivity contribution in [3.63, 3.8) is 0 Å². The summed E-state index contributed by atoms with van der Waals surface area (Å²) in [7, 11) is -3.68. The Morgan fingerprint density at radius 3 is 2.69 bits per heavy atom. The smallest absolute Gasteiger partial charge is 0.243 e. The molecular formula is C24H28N4O5S2. The summed E-state index contributed by atoms with van der Waals surface area (Å²) in [5.41, 5.74) is 1.68. The number of carbonyl (C=O) groups is 1. The van der Waals surface area contributed by atoms with E-state index in [2.05, 4.69) is 18.3 Å². The van der Waals surface area contributed by atoms with Crippen molar-refractivity contribution in [2.75, 3.05) is 51.3 Å². The summed E-state index contributed by atoms with van der Waals surface area (Å²) in [4.78, 5) is 16.1. The number of amides is 1. The van der Waals surface area contributed by atoms with E-state index in [1.54, 1.807) is 6.07 Å². The molecule has 1 aromatic carbocycles. The minimum atomic E-state index is -3.68. The number of thiophene rings is 1. The van der Waals surface area contributed by atoms with Crippen molar-refractivity contribution in [3.05, 3.63) is 34.2 Å². The first-order valence-corrected chi connectivity index (χ1v) is 14.1. The normalized spacial score (nSPS) is 20.6. The predicted octanol–water partition coefficient (Wildman–Crippen LogP) is 2.46. The lowest BCUT2D eigenvalue weighted by atomic mass is 9.89. The van der Waals surface area contributed by atoms with Crippen LogP contribution in [0.2, 0.25) is 0 Å². The van der Waals surface area contributed by atoms with Crippen molar-refractivity contribution in [2.24, 2.45) is 5.92 Å². The molecule has 0 unspecified atom stereocenters. The van der Waals surface area contributed by atoms with Crippen LogP contribution in [0.25, 0.3) is 0 Å². The largest absolute Gasteiger partial charge is 0.486 e. The van der Waals surface area contributed by atoms with Gasteiger partial charge in [-0.15, -0.1) is 11.3 Å². The number of rotatable bonds is 5. The molecule has 1 saturated heterocycles. The van der Waals surface area contributed by atoms with Crippen molar-refractivity contribution < 1.29 is 22.7 Å². The number of benzene rings is 1.